The summed E-state index contributed by atoms with van der Waals surface area (Å²) < 4.78 is 0. The highest BCUT2D eigenvalue weighted by Crippen LogP contribution is 2.27. The molecular formula is C19H29NO. The van der Waals surface area contributed by atoms with E-state index >= 15 is 0 Å². The van der Waals surface area contributed by atoms with E-state index in [1.807, 2.05) is 6.07 Å². The molecular weight excluding hydrogens is 258 g/mol. The Morgan fingerprint density at radius 2 is 1.76 bits per heavy atom. The molecule has 0 N–H and O–H groups in total. The second-order valence-corrected chi connectivity index (χ2v) is 6.19. The zero-order chi connectivity index (χ0) is 14.9. The lowest BCUT2D eigenvalue weighted by molar-refractivity contribution is -0.125. The fourth-order valence-electron chi connectivity index (χ4n) is 3.27. The molecule has 2 nitrogen and oxygen atoms in total. The van der Waals surface area contributed by atoms with E-state index in [1.165, 1.54) is 44.1 Å². The Morgan fingerprint density at radius 1 is 1.05 bits per heavy atom. The van der Waals surface area contributed by atoms with E-state index < -0.39 is 0 Å². The van der Waals surface area contributed by atoms with Crippen LogP contribution in [0.25, 0.3) is 0 Å². The molecule has 0 aromatic heterocycles. The summed E-state index contributed by atoms with van der Waals surface area (Å²) in [6, 6.07) is 10.4. The van der Waals surface area contributed by atoms with Crippen LogP contribution in [0.15, 0.2) is 30.3 Å². The Kier molecular flexibility index (Phi) is 6.94. The first kappa shape index (κ1) is 16.2. The number of carbonyl (C=O) groups is 1. The van der Waals surface area contributed by atoms with Crippen molar-refractivity contribution < 1.29 is 4.79 Å². The number of unbranched alkanes of at least 4 members (excludes halogenated alkanes) is 3. The highest BCUT2D eigenvalue weighted by atomic mass is 16.1. The van der Waals surface area contributed by atoms with Gasteiger partial charge in [-0.2, -0.15) is 0 Å². The monoisotopic (exact) mass is 287 g/mol. The number of piperidine rings is 1. The van der Waals surface area contributed by atoms with Crippen molar-refractivity contribution in [2.24, 2.45) is 0 Å². The van der Waals surface area contributed by atoms with Gasteiger partial charge in [0.1, 0.15) is 0 Å². The summed E-state index contributed by atoms with van der Waals surface area (Å²) in [6.07, 6.45) is 9.20. The number of Topliss-reactive ketones (excluding diaryl/α,β-unsaturated/α-hetero) is 1. The molecule has 2 heteroatoms. The molecule has 116 valence electrons. The molecule has 0 spiro atoms. The van der Waals surface area contributed by atoms with Crippen LogP contribution in [0.2, 0.25) is 0 Å². The van der Waals surface area contributed by atoms with Crippen LogP contribution >= 0.6 is 0 Å². The maximum absolute atomic E-state index is 12.8. The van der Waals surface area contributed by atoms with Crippen LogP contribution in [-0.2, 0) is 4.79 Å². The van der Waals surface area contributed by atoms with Gasteiger partial charge >= 0.3 is 0 Å². The molecule has 0 aliphatic carbocycles. The highest BCUT2D eigenvalue weighted by Gasteiger charge is 2.27. The third kappa shape index (κ3) is 4.96. The van der Waals surface area contributed by atoms with Crippen LogP contribution < -0.4 is 0 Å². The lowest BCUT2D eigenvalue weighted by Gasteiger charge is -2.34. The normalized spacial score (nSPS) is 17.6. The minimum Gasteiger partial charge on any atom is -0.298 e. The van der Waals surface area contributed by atoms with E-state index in [0.29, 0.717) is 5.78 Å². The summed E-state index contributed by atoms with van der Waals surface area (Å²) in [6.45, 7) is 4.35. The van der Waals surface area contributed by atoms with Crippen molar-refractivity contribution in [1.29, 1.82) is 0 Å². The second-order valence-electron chi connectivity index (χ2n) is 6.19. The van der Waals surface area contributed by atoms with Crippen molar-refractivity contribution in [1.82, 2.24) is 4.90 Å². The summed E-state index contributed by atoms with van der Waals surface area (Å²) >= 11 is 0. The molecule has 0 radical (unpaired) electrons. The summed E-state index contributed by atoms with van der Waals surface area (Å²) in [4.78, 5) is 15.2. The van der Waals surface area contributed by atoms with Crippen molar-refractivity contribution >= 4 is 5.78 Å². The fourth-order valence-corrected chi connectivity index (χ4v) is 3.27. The lowest BCUT2D eigenvalue weighted by Crippen LogP contribution is -2.37. The standard InChI is InChI=1S/C19H29NO/c1-2-3-4-9-14-18(21)19(17-12-7-5-8-13-17)20-15-10-6-11-16-20/h5,7-8,12-13,19H,2-4,6,9-11,14-16H2,1H3/t19-/m1/s1. The van der Waals surface area contributed by atoms with E-state index in [1.54, 1.807) is 0 Å². The van der Waals surface area contributed by atoms with Gasteiger partial charge in [0.25, 0.3) is 0 Å². The van der Waals surface area contributed by atoms with Gasteiger partial charge in [-0.25, -0.2) is 0 Å². The van der Waals surface area contributed by atoms with Gasteiger partial charge in [0.15, 0.2) is 5.78 Å². The van der Waals surface area contributed by atoms with Crippen molar-refractivity contribution in [2.75, 3.05) is 13.1 Å². The first-order valence-electron chi connectivity index (χ1n) is 8.64. The van der Waals surface area contributed by atoms with Gasteiger partial charge in [-0.3, -0.25) is 9.69 Å². The number of ketones is 1. The molecule has 1 heterocycles. The van der Waals surface area contributed by atoms with Crippen molar-refractivity contribution in [3.8, 4) is 0 Å². The zero-order valence-electron chi connectivity index (χ0n) is 13.4. The summed E-state index contributed by atoms with van der Waals surface area (Å²) in [5, 5.41) is 0. The number of rotatable bonds is 8. The van der Waals surface area contributed by atoms with E-state index in [4.69, 9.17) is 0 Å². The molecule has 0 amide bonds. The maximum Gasteiger partial charge on any atom is 0.154 e. The highest BCUT2D eigenvalue weighted by molar-refractivity contribution is 5.85. The summed E-state index contributed by atoms with van der Waals surface area (Å²) in [5.41, 5.74) is 1.18. The van der Waals surface area contributed by atoms with Crippen LogP contribution in [-0.4, -0.2) is 23.8 Å². The molecule has 0 saturated carbocycles. The fraction of sp³-hybridized carbons (Fsp3) is 0.632. The van der Waals surface area contributed by atoms with Gasteiger partial charge in [-0.15, -0.1) is 0 Å². The van der Waals surface area contributed by atoms with Crippen LogP contribution in [0, 0.1) is 0 Å². The number of nitrogens with zero attached hydrogens (tertiary/aromatic N) is 1. The molecule has 1 aromatic rings. The average Bonchev–Trinajstić information content (AvgIpc) is 2.54. The molecule has 1 aliphatic heterocycles. The molecule has 1 aromatic carbocycles. The van der Waals surface area contributed by atoms with Gasteiger partial charge in [0, 0.05) is 6.42 Å². The number of carbonyl (C=O) groups excluding carboxylic acids is 1. The van der Waals surface area contributed by atoms with Gasteiger partial charge in [0.2, 0.25) is 0 Å². The van der Waals surface area contributed by atoms with Gasteiger partial charge in [-0.05, 0) is 37.9 Å². The van der Waals surface area contributed by atoms with Gasteiger partial charge in [-0.1, -0.05) is 62.9 Å². The summed E-state index contributed by atoms with van der Waals surface area (Å²) in [7, 11) is 0. The quantitative estimate of drug-likeness (QED) is 0.643. The largest absolute Gasteiger partial charge is 0.298 e. The molecule has 0 unspecified atom stereocenters. The van der Waals surface area contributed by atoms with E-state index in [2.05, 4.69) is 36.1 Å². The zero-order valence-corrected chi connectivity index (χ0v) is 13.4. The molecule has 1 atom stereocenters. The predicted molar refractivity (Wildman–Crippen MR) is 88.4 cm³/mol. The maximum atomic E-state index is 12.8. The average molecular weight is 287 g/mol. The van der Waals surface area contributed by atoms with Crippen molar-refractivity contribution in [3.05, 3.63) is 35.9 Å². The number of hydrogen-bond donors (Lipinski definition) is 0. The Bertz CT molecular complexity index is 409. The molecule has 1 fully saturated rings. The minimum atomic E-state index is -0.00636. The van der Waals surface area contributed by atoms with E-state index in [-0.39, 0.29) is 6.04 Å². The van der Waals surface area contributed by atoms with E-state index in [9.17, 15) is 4.79 Å². The van der Waals surface area contributed by atoms with Crippen LogP contribution in [0.1, 0.15) is 69.9 Å². The SMILES string of the molecule is CCCCCCC(=O)[C@@H](c1ccccc1)N1CCCCC1. The molecule has 1 saturated heterocycles. The molecule has 21 heavy (non-hydrogen) atoms. The van der Waals surface area contributed by atoms with Gasteiger partial charge in [0.05, 0.1) is 6.04 Å². The number of likely N-dealkylation sites (tertiary alicyclic amines) is 1. The smallest absolute Gasteiger partial charge is 0.154 e. The first-order chi connectivity index (χ1) is 10.3. The number of hydrogen-bond acceptors (Lipinski definition) is 2. The topological polar surface area (TPSA) is 20.3 Å². The molecule has 2 rings (SSSR count). The Hall–Kier alpha value is -1.15. The third-order valence-corrected chi connectivity index (χ3v) is 4.45. The van der Waals surface area contributed by atoms with Crippen LogP contribution in [0.4, 0.5) is 0 Å². The van der Waals surface area contributed by atoms with Gasteiger partial charge < -0.3 is 0 Å². The third-order valence-electron chi connectivity index (χ3n) is 4.45. The minimum absolute atomic E-state index is 0.00636. The van der Waals surface area contributed by atoms with E-state index in [0.717, 1.165) is 25.9 Å². The Labute approximate surface area is 129 Å². The van der Waals surface area contributed by atoms with Crippen LogP contribution in [0.5, 0.6) is 0 Å². The molecule has 1 aliphatic rings. The Balaban J connectivity index is 2.02. The lowest BCUT2D eigenvalue weighted by atomic mass is 9.95. The first-order valence-corrected chi connectivity index (χ1v) is 8.64. The number of benzene rings is 1. The summed E-state index contributed by atoms with van der Waals surface area (Å²) in [5.74, 6) is 0.416. The second kappa shape index (κ2) is 8.99. The Morgan fingerprint density at radius 3 is 2.43 bits per heavy atom. The van der Waals surface area contributed by atoms with Crippen molar-refractivity contribution in [3.63, 3.8) is 0 Å². The molecule has 0 bridgehead atoms. The predicted octanol–water partition coefficient (Wildman–Crippen LogP) is 4.75. The van der Waals surface area contributed by atoms with Crippen LogP contribution in [0.3, 0.4) is 0 Å². The van der Waals surface area contributed by atoms with Crippen molar-refractivity contribution in [2.45, 2.75) is 64.3 Å².